The average molecular weight is 299 g/mol. The maximum absolute atomic E-state index is 13.4. The summed E-state index contributed by atoms with van der Waals surface area (Å²) in [5.74, 6) is -0.0535. The van der Waals surface area contributed by atoms with Crippen molar-refractivity contribution in [3.05, 3.63) is 46.0 Å². The molecule has 2 nitrogen and oxygen atoms in total. The third kappa shape index (κ3) is 3.43. The van der Waals surface area contributed by atoms with Gasteiger partial charge in [0.05, 0.1) is 5.69 Å². The first-order chi connectivity index (χ1) is 8.75. The van der Waals surface area contributed by atoms with E-state index in [1.165, 1.54) is 12.1 Å². The molecule has 0 unspecified atom stereocenters. The largest absolute Gasteiger partial charge is 0.232 e. The maximum atomic E-state index is 13.4. The molecule has 0 bridgehead atoms. The molecule has 1 aromatic heterocycles. The first-order valence-corrected chi connectivity index (χ1v) is 6.53. The van der Waals surface area contributed by atoms with Crippen LogP contribution in [0.3, 0.4) is 0 Å². The van der Waals surface area contributed by atoms with Gasteiger partial charge in [0.2, 0.25) is 0 Å². The Morgan fingerprint density at radius 1 is 1.00 bits per heavy atom. The second kappa shape index (κ2) is 5.06. The first kappa shape index (κ1) is 14.2. The zero-order chi connectivity index (χ0) is 14.2. The third-order valence-electron chi connectivity index (χ3n) is 2.58. The second-order valence-corrected chi connectivity index (χ2v) is 6.13. The predicted molar refractivity (Wildman–Crippen MR) is 76.1 cm³/mol. The molecule has 0 N–H and O–H groups in total. The minimum Gasteiger partial charge on any atom is -0.232 e. The Kier molecular flexibility index (Phi) is 3.79. The van der Waals surface area contributed by atoms with Crippen molar-refractivity contribution in [2.45, 2.75) is 26.2 Å². The quantitative estimate of drug-likeness (QED) is 0.701. The SMILES string of the molecule is CC(C)(C)c1cc(Cl)nc(-c2cc(F)cc(Cl)c2)n1. The van der Waals surface area contributed by atoms with Gasteiger partial charge < -0.3 is 0 Å². The molecule has 0 aliphatic rings. The van der Waals surface area contributed by atoms with Gasteiger partial charge >= 0.3 is 0 Å². The van der Waals surface area contributed by atoms with Crippen LogP contribution >= 0.6 is 23.2 Å². The molecule has 0 spiro atoms. The molecule has 0 radical (unpaired) electrons. The number of aromatic nitrogens is 2. The summed E-state index contributed by atoms with van der Waals surface area (Å²) in [6.07, 6.45) is 0. The van der Waals surface area contributed by atoms with Gasteiger partial charge in [0.25, 0.3) is 0 Å². The Labute approximate surface area is 121 Å². The van der Waals surface area contributed by atoms with Crippen molar-refractivity contribution in [3.63, 3.8) is 0 Å². The highest BCUT2D eigenvalue weighted by molar-refractivity contribution is 6.31. The lowest BCUT2D eigenvalue weighted by Crippen LogP contribution is -2.14. The van der Waals surface area contributed by atoms with Crippen molar-refractivity contribution in [2.75, 3.05) is 0 Å². The fraction of sp³-hybridized carbons (Fsp3) is 0.286. The van der Waals surface area contributed by atoms with E-state index in [1.807, 2.05) is 20.8 Å². The molecule has 0 atom stereocenters. The van der Waals surface area contributed by atoms with E-state index in [9.17, 15) is 4.39 Å². The molecule has 0 saturated heterocycles. The van der Waals surface area contributed by atoms with Gasteiger partial charge in [-0.15, -0.1) is 0 Å². The summed E-state index contributed by atoms with van der Waals surface area (Å²) in [5, 5.41) is 0.631. The zero-order valence-corrected chi connectivity index (χ0v) is 12.3. The average Bonchev–Trinajstić information content (AvgIpc) is 2.25. The van der Waals surface area contributed by atoms with E-state index in [1.54, 1.807) is 12.1 Å². The van der Waals surface area contributed by atoms with Gasteiger partial charge in [0, 0.05) is 16.0 Å². The fourth-order valence-electron chi connectivity index (χ4n) is 1.61. The van der Waals surface area contributed by atoms with Crippen molar-refractivity contribution >= 4 is 23.2 Å². The molecular weight excluding hydrogens is 286 g/mol. The Bertz CT molecular complexity index is 601. The molecule has 100 valence electrons. The lowest BCUT2D eigenvalue weighted by Gasteiger charge is -2.18. The van der Waals surface area contributed by atoms with Gasteiger partial charge in [-0.2, -0.15) is 0 Å². The molecule has 5 heteroatoms. The van der Waals surface area contributed by atoms with Gasteiger partial charge in [-0.3, -0.25) is 0 Å². The normalized spacial score (nSPS) is 11.7. The molecule has 0 aliphatic carbocycles. The summed E-state index contributed by atoms with van der Waals surface area (Å²) in [5.41, 5.74) is 1.14. The van der Waals surface area contributed by atoms with Gasteiger partial charge in [-0.05, 0) is 24.3 Å². The first-order valence-electron chi connectivity index (χ1n) is 5.77. The van der Waals surface area contributed by atoms with Crippen LogP contribution in [0.25, 0.3) is 11.4 Å². The maximum Gasteiger partial charge on any atom is 0.161 e. The molecule has 19 heavy (non-hydrogen) atoms. The minimum atomic E-state index is -0.427. The summed E-state index contributed by atoms with van der Waals surface area (Å²) in [6.45, 7) is 6.07. The van der Waals surface area contributed by atoms with Crippen molar-refractivity contribution < 1.29 is 4.39 Å². The molecule has 0 fully saturated rings. The second-order valence-electron chi connectivity index (χ2n) is 5.31. The highest BCUT2D eigenvalue weighted by atomic mass is 35.5. The van der Waals surface area contributed by atoms with Crippen molar-refractivity contribution in [3.8, 4) is 11.4 Å². The van der Waals surface area contributed by atoms with E-state index in [2.05, 4.69) is 9.97 Å². The van der Waals surface area contributed by atoms with Crippen LogP contribution in [0.15, 0.2) is 24.3 Å². The number of benzene rings is 1. The number of nitrogens with zero attached hydrogens (tertiary/aromatic N) is 2. The molecule has 1 heterocycles. The number of rotatable bonds is 1. The summed E-state index contributed by atoms with van der Waals surface area (Å²) >= 11 is 11.8. The van der Waals surface area contributed by atoms with Crippen LogP contribution < -0.4 is 0 Å². The number of hydrogen-bond acceptors (Lipinski definition) is 2. The number of hydrogen-bond donors (Lipinski definition) is 0. The predicted octanol–water partition coefficient (Wildman–Crippen LogP) is 4.89. The van der Waals surface area contributed by atoms with Crippen molar-refractivity contribution in [1.29, 1.82) is 0 Å². The molecule has 2 rings (SSSR count). The minimum absolute atomic E-state index is 0.168. The van der Waals surface area contributed by atoms with Crippen molar-refractivity contribution in [2.24, 2.45) is 0 Å². The van der Waals surface area contributed by atoms with E-state index in [4.69, 9.17) is 23.2 Å². The van der Waals surface area contributed by atoms with E-state index in [0.29, 0.717) is 21.6 Å². The Balaban J connectivity index is 2.59. The molecular formula is C14H13Cl2FN2. The molecule has 0 aliphatic heterocycles. The lowest BCUT2D eigenvalue weighted by atomic mass is 9.92. The molecule has 0 amide bonds. The van der Waals surface area contributed by atoms with Crippen LogP contribution in [0.4, 0.5) is 4.39 Å². The smallest absolute Gasteiger partial charge is 0.161 e. The van der Waals surface area contributed by atoms with Crippen LogP contribution in [0.2, 0.25) is 10.2 Å². The number of halogens is 3. The summed E-state index contributed by atoms with van der Waals surface area (Å²) < 4.78 is 13.4. The topological polar surface area (TPSA) is 25.8 Å². The standard InChI is InChI=1S/C14H13Cl2FN2/c1-14(2,3)11-7-12(16)19-13(18-11)8-4-9(15)6-10(17)5-8/h4-7H,1-3H3. The highest BCUT2D eigenvalue weighted by Gasteiger charge is 2.18. The fourth-order valence-corrected chi connectivity index (χ4v) is 2.02. The monoisotopic (exact) mass is 298 g/mol. The molecule has 2 aromatic rings. The third-order valence-corrected chi connectivity index (χ3v) is 3.00. The Morgan fingerprint density at radius 3 is 2.26 bits per heavy atom. The highest BCUT2D eigenvalue weighted by Crippen LogP contribution is 2.27. The van der Waals surface area contributed by atoms with E-state index in [0.717, 1.165) is 5.69 Å². The van der Waals surface area contributed by atoms with Gasteiger partial charge in [0.15, 0.2) is 5.82 Å². The summed E-state index contributed by atoms with van der Waals surface area (Å²) in [6, 6.07) is 5.90. The van der Waals surface area contributed by atoms with Crippen LogP contribution in [-0.4, -0.2) is 9.97 Å². The van der Waals surface area contributed by atoms with Gasteiger partial charge in [-0.1, -0.05) is 44.0 Å². The summed E-state index contributed by atoms with van der Waals surface area (Å²) in [4.78, 5) is 8.57. The van der Waals surface area contributed by atoms with Crippen molar-refractivity contribution in [1.82, 2.24) is 9.97 Å². The van der Waals surface area contributed by atoms with Crippen LogP contribution in [0, 0.1) is 5.82 Å². The van der Waals surface area contributed by atoms with E-state index >= 15 is 0 Å². The Hall–Kier alpha value is -1.19. The Morgan fingerprint density at radius 2 is 1.68 bits per heavy atom. The van der Waals surface area contributed by atoms with Gasteiger partial charge in [0.1, 0.15) is 11.0 Å². The summed E-state index contributed by atoms with van der Waals surface area (Å²) in [7, 11) is 0. The zero-order valence-electron chi connectivity index (χ0n) is 10.8. The van der Waals surface area contributed by atoms with E-state index in [-0.39, 0.29) is 5.41 Å². The van der Waals surface area contributed by atoms with Crippen LogP contribution in [0.1, 0.15) is 26.5 Å². The van der Waals surface area contributed by atoms with Gasteiger partial charge in [-0.25, -0.2) is 14.4 Å². The van der Waals surface area contributed by atoms with E-state index < -0.39 is 5.82 Å². The van der Waals surface area contributed by atoms with Crippen LogP contribution in [-0.2, 0) is 5.41 Å². The van der Waals surface area contributed by atoms with Crippen LogP contribution in [0.5, 0.6) is 0 Å². The molecule has 0 saturated carbocycles. The lowest BCUT2D eigenvalue weighted by molar-refractivity contribution is 0.568. The molecule has 1 aromatic carbocycles.